The van der Waals surface area contributed by atoms with Crippen molar-refractivity contribution >= 4 is 15.7 Å². The molecule has 5 heteroatoms. The third-order valence-electron chi connectivity index (χ3n) is 3.69. The van der Waals surface area contributed by atoms with Crippen LogP contribution in [0.4, 0.5) is 5.69 Å². The van der Waals surface area contributed by atoms with Crippen LogP contribution in [0.15, 0.2) is 23.1 Å². The summed E-state index contributed by atoms with van der Waals surface area (Å²) in [6.07, 6.45) is 3.44. The fraction of sp³-hybridized carbons (Fsp3) is 0.538. The molecule has 18 heavy (non-hydrogen) atoms. The Hall–Kier alpha value is -1.07. The maximum absolute atomic E-state index is 12.3. The molecule has 0 spiro atoms. The number of hydrogen-bond acceptors (Lipinski definition) is 3. The first-order valence-electron chi connectivity index (χ1n) is 6.28. The van der Waals surface area contributed by atoms with Crippen molar-refractivity contribution in [3.05, 3.63) is 23.8 Å². The molecule has 4 nitrogen and oxygen atoms in total. The summed E-state index contributed by atoms with van der Waals surface area (Å²) < 4.78 is 27.3. The number of anilines is 1. The van der Waals surface area contributed by atoms with Gasteiger partial charge in [-0.3, -0.25) is 0 Å². The van der Waals surface area contributed by atoms with Gasteiger partial charge in [-0.2, -0.15) is 0 Å². The van der Waals surface area contributed by atoms with Crippen LogP contribution in [0.5, 0.6) is 0 Å². The molecule has 0 heterocycles. The Kier molecular flexibility index (Phi) is 3.64. The quantitative estimate of drug-likeness (QED) is 0.821. The molecule has 1 aliphatic rings. The van der Waals surface area contributed by atoms with Gasteiger partial charge in [0.1, 0.15) is 0 Å². The van der Waals surface area contributed by atoms with Crippen LogP contribution in [0.3, 0.4) is 0 Å². The molecule has 1 saturated carbocycles. The standard InChI is InChI=1S/C13H20N2O2S/c1-9-8-12(14)6-7-13(9)18(16,17)15-10(2)11-4-3-5-11/h6-8,10-11,15H,3-5,14H2,1-2H3. The minimum absolute atomic E-state index is 0.000651. The first-order valence-corrected chi connectivity index (χ1v) is 7.77. The molecule has 0 aromatic heterocycles. The molecule has 3 N–H and O–H groups in total. The molecule has 1 fully saturated rings. The zero-order chi connectivity index (χ0) is 13.3. The first-order chi connectivity index (χ1) is 8.40. The van der Waals surface area contributed by atoms with Gasteiger partial charge in [0.25, 0.3) is 0 Å². The fourth-order valence-corrected chi connectivity index (χ4v) is 3.86. The van der Waals surface area contributed by atoms with Gasteiger partial charge in [-0.25, -0.2) is 13.1 Å². The Labute approximate surface area is 109 Å². The molecule has 1 aromatic rings. The van der Waals surface area contributed by atoms with E-state index >= 15 is 0 Å². The second-order valence-electron chi connectivity index (χ2n) is 5.13. The fourth-order valence-electron chi connectivity index (χ4n) is 2.32. The highest BCUT2D eigenvalue weighted by Gasteiger charge is 2.28. The minimum Gasteiger partial charge on any atom is -0.399 e. The normalized spacial score (nSPS) is 18.3. The van der Waals surface area contributed by atoms with Gasteiger partial charge in [-0.15, -0.1) is 0 Å². The molecule has 1 aliphatic carbocycles. The first kappa shape index (κ1) is 13.4. The van der Waals surface area contributed by atoms with E-state index in [0.717, 1.165) is 12.8 Å². The van der Waals surface area contributed by atoms with Crippen LogP contribution in [0.1, 0.15) is 31.7 Å². The van der Waals surface area contributed by atoms with Crippen LogP contribution in [0, 0.1) is 12.8 Å². The van der Waals surface area contributed by atoms with E-state index in [1.54, 1.807) is 25.1 Å². The SMILES string of the molecule is Cc1cc(N)ccc1S(=O)(=O)NC(C)C1CCC1. The lowest BCUT2D eigenvalue weighted by Gasteiger charge is -2.31. The largest absolute Gasteiger partial charge is 0.399 e. The van der Waals surface area contributed by atoms with Crippen molar-refractivity contribution < 1.29 is 8.42 Å². The van der Waals surface area contributed by atoms with E-state index in [-0.39, 0.29) is 6.04 Å². The van der Waals surface area contributed by atoms with Crippen LogP contribution in [0.2, 0.25) is 0 Å². The Morgan fingerprint density at radius 1 is 1.39 bits per heavy atom. The van der Waals surface area contributed by atoms with Crippen molar-refractivity contribution in [1.82, 2.24) is 4.72 Å². The van der Waals surface area contributed by atoms with Gasteiger partial charge in [0, 0.05) is 11.7 Å². The second-order valence-corrected chi connectivity index (χ2v) is 6.81. The van der Waals surface area contributed by atoms with Gasteiger partial charge >= 0.3 is 0 Å². The summed E-state index contributed by atoms with van der Waals surface area (Å²) in [7, 11) is -3.43. The molecule has 0 aliphatic heterocycles. The van der Waals surface area contributed by atoms with E-state index in [1.807, 2.05) is 6.92 Å². The summed E-state index contributed by atoms with van der Waals surface area (Å²) in [6, 6.07) is 4.87. The molecule has 1 atom stereocenters. The molecule has 0 amide bonds. The molecule has 2 rings (SSSR count). The van der Waals surface area contributed by atoms with Crippen LogP contribution >= 0.6 is 0 Å². The number of benzene rings is 1. The monoisotopic (exact) mass is 268 g/mol. The van der Waals surface area contributed by atoms with E-state index in [2.05, 4.69) is 4.72 Å². The van der Waals surface area contributed by atoms with Gasteiger partial charge in [-0.05, 0) is 56.4 Å². The Morgan fingerprint density at radius 2 is 2.06 bits per heavy atom. The lowest BCUT2D eigenvalue weighted by Crippen LogP contribution is -2.40. The van der Waals surface area contributed by atoms with Gasteiger partial charge in [0.05, 0.1) is 4.90 Å². The van der Waals surface area contributed by atoms with Crippen molar-refractivity contribution in [1.29, 1.82) is 0 Å². The average molecular weight is 268 g/mol. The van der Waals surface area contributed by atoms with Gasteiger partial charge in [0.2, 0.25) is 10.0 Å². The number of nitrogen functional groups attached to an aromatic ring is 1. The highest BCUT2D eigenvalue weighted by molar-refractivity contribution is 7.89. The number of nitrogens with two attached hydrogens (primary N) is 1. The smallest absolute Gasteiger partial charge is 0.241 e. The third kappa shape index (κ3) is 2.67. The van der Waals surface area contributed by atoms with Crippen LogP contribution in [-0.2, 0) is 10.0 Å². The number of sulfonamides is 1. The molecular formula is C13H20N2O2S. The summed E-state index contributed by atoms with van der Waals surface area (Å²) in [6.45, 7) is 3.70. The molecule has 0 saturated heterocycles. The Bertz CT molecular complexity index is 536. The van der Waals surface area contributed by atoms with Crippen LogP contribution in [0.25, 0.3) is 0 Å². The Balaban J connectivity index is 2.19. The van der Waals surface area contributed by atoms with Crippen LogP contribution in [-0.4, -0.2) is 14.5 Å². The van der Waals surface area contributed by atoms with E-state index in [0.29, 0.717) is 22.1 Å². The molecular weight excluding hydrogens is 248 g/mol. The Morgan fingerprint density at radius 3 is 2.56 bits per heavy atom. The summed E-state index contributed by atoms with van der Waals surface area (Å²) in [5, 5.41) is 0. The summed E-state index contributed by atoms with van der Waals surface area (Å²) in [5.74, 6) is 0.480. The van der Waals surface area contributed by atoms with Gasteiger partial charge in [-0.1, -0.05) is 6.42 Å². The van der Waals surface area contributed by atoms with Gasteiger partial charge < -0.3 is 5.73 Å². The number of rotatable bonds is 4. The number of aryl methyl sites for hydroxylation is 1. The molecule has 1 aromatic carbocycles. The number of hydrogen-bond donors (Lipinski definition) is 2. The number of nitrogens with one attached hydrogen (secondary N) is 1. The lowest BCUT2D eigenvalue weighted by atomic mass is 9.81. The van der Waals surface area contributed by atoms with Crippen molar-refractivity contribution in [3.8, 4) is 0 Å². The van der Waals surface area contributed by atoms with Crippen molar-refractivity contribution in [2.45, 2.75) is 44.0 Å². The minimum atomic E-state index is -3.43. The van der Waals surface area contributed by atoms with Gasteiger partial charge in [0.15, 0.2) is 0 Å². The topological polar surface area (TPSA) is 72.2 Å². The summed E-state index contributed by atoms with van der Waals surface area (Å²) >= 11 is 0. The maximum Gasteiger partial charge on any atom is 0.241 e. The highest BCUT2D eigenvalue weighted by atomic mass is 32.2. The molecule has 0 radical (unpaired) electrons. The van der Waals surface area contributed by atoms with E-state index in [4.69, 9.17) is 5.73 Å². The maximum atomic E-state index is 12.3. The van der Waals surface area contributed by atoms with E-state index < -0.39 is 10.0 Å². The average Bonchev–Trinajstić information content (AvgIpc) is 2.12. The molecule has 1 unspecified atom stereocenters. The van der Waals surface area contributed by atoms with Crippen molar-refractivity contribution in [2.75, 3.05) is 5.73 Å². The second kappa shape index (κ2) is 4.90. The third-order valence-corrected chi connectivity index (χ3v) is 5.41. The van der Waals surface area contributed by atoms with Crippen molar-refractivity contribution in [3.63, 3.8) is 0 Å². The van der Waals surface area contributed by atoms with Crippen molar-refractivity contribution in [2.24, 2.45) is 5.92 Å². The van der Waals surface area contributed by atoms with E-state index in [1.165, 1.54) is 6.42 Å². The summed E-state index contributed by atoms with van der Waals surface area (Å²) in [4.78, 5) is 0.322. The lowest BCUT2D eigenvalue weighted by molar-refractivity contribution is 0.260. The highest BCUT2D eigenvalue weighted by Crippen LogP contribution is 2.30. The van der Waals surface area contributed by atoms with E-state index in [9.17, 15) is 8.42 Å². The molecule has 0 bridgehead atoms. The predicted molar refractivity (Wildman–Crippen MR) is 72.7 cm³/mol. The van der Waals surface area contributed by atoms with Crippen LogP contribution < -0.4 is 10.5 Å². The zero-order valence-corrected chi connectivity index (χ0v) is 11.6. The zero-order valence-electron chi connectivity index (χ0n) is 10.8. The predicted octanol–water partition coefficient (Wildman–Crippen LogP) is 2.04. The molecule has 100 valence electrons. The summed E-state index contributed by atoms with van der Waals surface area (Å²) in [5.41, 5.74) is 6.90.